The van der Waals surface area contributed by atoms with Crippen molar-refractivity contribution in [3.05, 3.63) is 76.3 Å². The van der Waals surface area contributed by atoms with Crippen LogP contribution >= 0.6 is 11.3 Å². The van der Waals surface area contributed by atoms with E-state index in [1.54, 1.807) is 55.5 Å². The molecule has 0 aliphatic carbocycles. The molecule has 0 bridgehead atoms. The number of benzene rings is 2. The van der Waals surface area contributed by atoms with Crippen LogP contribution in [0.2, 0.25) is 0 Å². The molecule has 1 heterocycles. The Morgan fingerprint density at radius 1 is 1.12 bits per heavy atom. The molecule has 0 radical (unpaired) electrons. The second-order valence-electron chi connectivity index (χ2n) is 7.23. The summed E-state index contributed by atoms with van der Waals surface area (Å²) in [6, 6.07) is 12.7. The average Bonchev–Trinajstić information content (AvgIpc) is 3.14. The van der Waals surface area contributed by atoms with E-state index in [9.17, 15) is 18.3 Å². The molecule has 0 saturated carbocycles. The highest BCUT2D eigenvalue weighted by Crippen LogP contribution is 2.30. The Bertz CT molecular complexity index is 1250. The third-order valence-corrected chi connectivity index (χ3v) is 6.98. The van der Waals surface area contributed by atoms with E-state index in [4.69, 9.17) is 0 Å². The number of aryl methyl sites for hydroxylation is 2. The summed E-state index contributed by atoms with van der Waals surface area (Å²) >= 11 is 1.25. The fourth-order valence-corrected chi connectivity index (χ4v) is 4.68. The van der Waals surface area contributed by atoms with Gasteiger partial charge < -0.3 is 5.11 Å². The Labute approximate surface area is 196 Å². The fraction of sp³-hybridized carbons (Fsp3) is 0.182. The predicted molar refractivity (Wildman–Crippen MR) is 129 cm³/mol. The van der Waals surface area contributed by atoms with Crippen molar-refractivity contribution in [3.63, 3.8) is 0 Å². The maximum absolute atomic E-state index is 12.8. The van der Waals surface area contributed by atoms with Crippen LogP contribution in [0.1, 0.15) is 34.7 Å². The number of hydrazine groups is 2. The van der Waals surface area contributed by atoms with Gasteiger partial charge in [-0.3, -0.25) is 15.6 Å². The number of hydrogen-bond acceptors (Lipinski definition) is 8. The third-order valence-electron chi connectivity index (χ3n) is 4.55. The minimum atomic E-state index is -3.83. The van der Waals surface area contributed by atoms with Gasteiger partial charge in [-0.2, -0.15) is 0 Å². The monoisotopic (exact) mass is 487 g/mol. The summed E-state index contributed by atoms with van der Waals surface area (Å²) in [6.07, 6.45) is 3.41. The summed E-state index contributed by atoms with van der Waals surface area (Å²) in [5, 5.41) is 10.5. The van der Waals surface area contributed by atoms with Crippen LogP contribution in [0, 0.1) is 13.8 Å². The summed E-state index contributed by atoms with van der Waals surface area (Å²) in [7, 11) is -3.83. The van der Waals surface area contributed by atoms with Gasteiger partial charge >= 0.3 is 0 Å². The van der Waals surface area contributed by atoms with Crippen molar-refractivity contribution < 1.29 is 18.3 Å². The predicted octanol–water partition coefficient (Wildman–Crippen LogP) is 3.17. The number of aromatic hydroxyl groups is 1. The molecule has 1 atom stereocenters. The number of phenolic OH excluding ortho intramolecular Hbond substituents is 1. The van der Waals surface area contributed by atoms with Gasteiger partial charge in [0.25, 0.3) is 10.0 Å². The van der Waals surface area contributed by atoms with Crippen molar-refractivity contribution >= 4 is 38.5 Å². The van der Waals surface area contributed by atoms with E-state index in [1.807, 2.05) is 6.92 Å². The molecule has 174 valence electrons. The molecule has 0 spiro atoms. The van der Waals surface area contributed by atoms with Gasteiger partial charge in [-0.1, -0.05) is 59.4 Å². The molecule has 3 aromatic rings. The van der Waals surface area contributed by atoms with E-state index in [-0.39, 0.29) is 16.6 Å². The Kier molecular flexibility index (Phi) is 7.82. The van der Waals surface area contributed by atoms with Gasteiger partial charge in [0.2, 0.25) is 11.0 Å². The number of amides is 1. The van der Waals surface area contributed by atoms with Gasteiger partial charge in [-0.25, -0.2) is 18.8 Å². The van der Waals surface area contributed by atoms with Crippen molar-refractivity contribution in [2.24, 2.45) is 0 Å². The van der Waals surface area contributed by atoms with Crippen LogP contribution in [0.25, 0.3) is 6.08 Å². The highest BCUT2D eigenvalue weighted by atomic mass is 32.2. The van der Waals surface area contributed by atoms with Crippen LogP contribution in [0.3, 0.4) is 0 Å². The molecule has 9 nitrogen and oxygen atoms in total. The number of aromatic nitrogens is 1. The number of rotatable bonds is 9. The van der Waals surface area contributed by atoms with Gasteiger partial charge in [0.05, 0.1) is 21.5 Å². The zero-order valence-electron chi connectivity index (χ0n) is 18.3. The molecule has 5 N–H and O–H groups in total. The number of thiazole rings is 1. The second-order valence-corrected chi connectivity index (χ2v) is 9.95. The Balaban J connectivity index is 1.88. The topological polar surface area (TPSA) is 132 Å². The summed E-state index contributed by atoms with van der Waals surface area (Å²) in [4.78, 5) is 18.8. The smallest absolute Gasteiger partial charge is 0.253 e. The Morgan fingerprint density at radius 3 is 2.48 bits per heavy atom. The van der Waals surface area contributed by atoms with Gasteiger partial charge in [-0.05, 0) is 32.0 Å². The van der Waals surface area contributed by atoms with Gasteiger partial charge in [0.15, 0.2) is 0 Å². The van der Waals surface area contributed by atoms with Crippen molar-refractivity contribution in [1.29, 1.82) is 0 Å². The van der Waals surface area contributed by atoms with Crippen LogP contribution in [0.15, 0.2) is 59.5 Å². The first-order chi connectivity index (χ1) is 15.7. The number of carbonyl (C=O) groups excluding carboxylic acids is 1. The molecule has 0 saturated heterocycles. The van der Waals surface area contributed by atoms with Gasteiger partial charge in [0.1, 0.15) is 5.75 Å². The zero-order valence-corrected chi connectivity index (χ0v) is 19.9. The number of anilines is 1. The van der Waals surface area contributed by atoms with Crippen LogP contribution < -0.4 is 21.1 Å². The van der Waals surface area contributed by atoms with Crippen LogP contribution in [-0.2, 0) is 14.8 Å². The van der Waals surface area contributed by atoms with E-state index >= 15 is 0 Å². The summed E-state index contributed by atoms with van der Waals surface area (Å²) in [5.74, 6) is -0.175. The molecule has 0 aliphatic heterocycles. The van der Waals surface area contributed by atoms with Crippen molar-refractivity contribution in [1.82, 2.24) is 20.7 Å². The first kappa shape index (κ1) is 24.4. The lowest BCUT2D eigenvalue weighted by Gasteiger charge is -2.16. The van der Waals surface area contributed by atoms with Gasteiger partial charge in [-0.15, -0.1) is 4.83 Å². The number of para-hydroxylation sites is 1. The van der Waals surface area contributed by atoms with Crippen LogP contribution in [0.4, 0.5) is 5.13 Å². The molecular formula is C22H25N5O4S2. The molecule has 0 aliphatic rings. The summed E-state index contributed by atoms with van der Waals surface area (Å²) in [6.45, 7) is 5.02. The molecule has 2 aromatic carbocycles. The van der Waals surface area contributed by atoms with Crippen molar-refractivity contribution in [3.8, 4) is 5.75 Å². The maximum atomic E-state index is 12.8. The minimum Gasteiger partial charge on any atom is -0.507 e. The molecule has 1 unspecified atom stereocenters. The zero-order chi connectivity index (χ0) is 24.0. The highest BCUT2D eigenvalue weighted by Gasteiger charge is 2.20. The van der Waals surface area contributed by atoms with E-state index in [0.717, 1.165) is 5.56 Å². The first-order valence-electron chi connectivity index (χ1n) is 9.96. The SMILES string of the molecule is CC(=O)NNc1nc(C)c(C(/C=C/c2ccccc2O)NNS(=O)(=O)c2ccc(C)cc2)s1. The Morgan fingerprint density at radius 2 is 1.82 bits per heavy atom. The van der Waals surface area contributed by atoms with Crippen molar-refractivity contribution in [2.45, 2.75) is 31.7 Å². The van der Waals surface area contributed by atoms with Gasteiger partial charge in [0, 0.05) is 12.5 Å². The number of nitrogens with zero attached hydrogens (tertiary/aromatic N) is 1. The van der Waals surface area contributed by atoms with E-state index in [0.29, 0.717) is 21.3 Å². The Hall–Kier alpha value is -3.25. The third kappa shape index (κ3) is 6.62. The molecule has 1 aromatic heterocycles. The number of carbonyl (C=O) groups is 1. The lowest BCUT2D eigenvalue weighted by Crippen LogP contribution is -2.39. The summed E-state index contributed by atoms with van der Waals surface area (Å²) in [5.41, 5.74) is 10.2. The lowest BCUT2D eigenvalue weighted by atomic mass is 10.1. The summed E-state index contributed by atoms with van der Waals surface area (Å²) < 4.78 is 25.5. The number of hydrogen-bond donors (Lipinski definition) is 5. The second kappa shape index (κ2) is 10.6. The highest BCUT2D eigenvalue weighted by molar-refractivity contribution is 7.89. The van der Waals surface area contributed by atoms with Crippen molar-refractivity contribution in [2.75, 3.05) is 5.43 Å². The number of nitrogens with one attached hydrogen (secondary N) is 4. The molecular weight excluding hydrogens is 462 g/mol. The minimum absolute atomic E-state index is 0.0989. The van der Waals surface area contributed by atoms with E-state index < -0.39 is 16.1 Å². The van der Waals surface area contributed by atoms with E-state index in [1.165, 1.54) is 30.4 Å². The lowest BCUT2D eigenvalue weighted by molar-refractivity contribution is -0.118. The quantitative estimate of drug-likeness (QED) is 0.293. The normalized spacial score (nSPS) is 12.6. The standard InChI is InChI=1S/C22H25N5O4S2/c1-14-8-11-18(12-9-14)33(30,31)27-25-19(13-10-17-6-4-5-7-20(17)29)21-15(2)23-22(32-21)26-24-16(3)28/h4-13,19,25,27,29H,1-3H3,(H,23,26)(H,24,28)/b13-10+. The van der Waals surface area contributed by atoms with Crippen LogP contribution in [0.5, 0.6) is 5.75 Å². The molecule has 3 rings (SSSR count). The molecule has 1 amide bonds. The maximum Gasteiger partial charge on any atom is 0.253 e. The number of sulfonamides is 1. The van der Waals surface area contributed by atoms with E-state index in [2.05, 4.69) is 26.1 Å². The average molecular weight is 488 g/mol. The molecule has 11 heteroatoms. The molecule has 0 fully saturated rings. The van der Waals surface area contributed by atoms with Crippen LogP contribution in [-0.4, -0.2) is 24.4 Å². The largest absolute Gasteiger partial charge is 0.507 e. The fourth-order valence-electron chi connectivity index (χ4n) is 2.84. The first-order valence-corrected chi connectivity index (χ1v) is 12.3. The number of phenols is 1. The molecule has 33 heavy (non-hydrogen) atoms.